The Morgan fingerprint density at radius 2 is 2.29 bits per heavy atom. The van der Waals surface area contributed by atoms with E-state index in [0.717, 1.165) is 11.1 Å². The number of hydrogen-bond donors (Lipinski definition) is 0. The van der Waals surface area contributed by atoms with Crippen LogP contribution in [0, 0.1) is 17.0 Å². The number of alkyl halides is 1. The molecule has 0 radical (unpaired) electrons. The van der Waals surface area contributed by atoms with Gasteiger partial charge in [-0.15, -0.1) is 0 Å². The molecule has 0 unspecified atom stereocenters. The first kappa shape index (κ1) is 10.9. The van der Waals surface area contributed by atoms with E-state index in [0.29, 0.717) is 10.9 Å². The summed E-state index contributed by atoms with van der Waals surface area (Å²) in [5.74, 6) is 0. The number of benzene rings is 1. The monoisotopic (exact) mass is 255 g/mol. The van der Waals surface area contributed by atoms with Crippen molar-refractivity contribution in [1.29, 1.82) is 0 Å². The molecule has 0 fully saturated rings. The van der Waals surface area contributed by atoms with Crippen LogP contribution in [-0.4, -0.2) is 10.3 Å². The van der Waals surface area contributed by atoms with Gasteiger partial charge in [-0.05, 0) is 30.2 Å². The number of nitro groups is 1. The van der Waals surface area contributed by atoms with Gasteiger partial charge in [-0.1, -0.05) is 22.5 Å². The summed E-state index contributed by atoms with van der Waals surface area (Å²) < 4.78 is 0. The summed E-state index contributed by atoms with van der Waals surface area (Å²) in [6.07, 6.45) is 0. The molecule has 0 aliphatic carbocycles. The number of nitrogens with zero attached hydrogens (tertiary/aromatic N) is 1. The summed E-state index contributed by atoms with van der Waals surface area (Å²) in [4.78, 5) is 10.2. The molecule has 0 saturated carbocycles. The minimum atomic E-state index is -0.379. The average Bonchev–Trinajstić information content (AvgIpc) is 2.15. The number of hydrogen-bond acceptors (Lipinski definition) is 2. The number of allylic oxidation sites excluding steroid dienone is 1. The lowest BCUT2D eigenvalue weighted by Crippen LogP contribution is -1.93. The van der Waals surface area contributed by atoms with Gasteiger partial charge in [0.25, 0.3) is 5.69 Å². The normalized spacial score (nSPS) is 9.86. The molecule has 0 amide bonds. The van der Waals surface area contributed by atoms with Gasteiger partial charge >= 0.3 is 0 Å². The van der Waals surface area contributed by atoms with Crippen LogP contribution in [0.4, 0.5) is 5.69 Å². The standard InChI is InChI=1S/C10H10BrNO2/c1-7-5-9(8(2)6-11)3-4-10(7)12(13)14/h3-5H,2,6H2,1H3. The van der Waals surface area contributed by atoms with Gasteiger partial charge in [0.2, 0.25) is 0 Å². The Bertz CT molecular complexity index is 388. The number of aryl methyl sites for hydroxylation is 1. The lowest BCUT2D eigenvalue weighted by molar-refractivity contribution is -0.385. The molecular formula is C10H10BrNO2. The van der Waals surface area contributed by atoms with Crippen molar-refractivity contribution in [2.75, 3.05) is 5.33 Å². The van der Waals surface area contributed by atoms with Crippen LogP contribution in [0.25, 0.3) is 5.57 Å². The van der Waals surface area contributed by atoms with Gasteiger partial charge in [0.05, 0.1) is 4.92 Å². The molecule has 0 bridgehead atoms. The van der Waals surface area contributed by atoms with Gasteiger partial charge in [-0.25, -0.2) is 0 Å². The van der Waals surface area contributed by atoms with Crippen molar-refractivity contribution in [1.82, 2.24) is 0 Å². The molecule has 1 rings (SSSR count). The molecule has 0 saturated heterocycles. The van der Waals surface area contributed by atoms with Crippen LogP contribution in [-0.2, 0) is 0 Å². The molecular weight excluding hydrogens is 246 g/mol. The Hall–Kier alpha value is -1.16. The lowest BCUT2D eigenvalue weighted by Gasteiger charge is -2.03. The van der Waals surface area contributed by atoms with Crippen molar-refractivity contribution >= 4 is 27.2 Å². The van der Waals surface area contributed by atoms with Crippen LogP contribution in [0.5, 0.6) is 0 Å². The Morgan fingerprint density at radius 3 is 2.71 bits per heavy atom. The first-order valence-corrected chi connectivity index (χ1v) is 5.17. The maximum atomic E-state index is 10.5. The summed E-state index contributed by atoms with van der Waals surface area (Å²) in [7, 11) is 0. The molecule has 74 valence electrons. The van der Waals surface area contributed by atoms with Gasteiger partial charge in [0, 0.05) is 17.0 Å². The molecule has 0 atom stereocenters. The van der Waals surface area contributed by atoms with Crippen molar-refractivity contribution in [2.24, 2.45) is 0 Å². The quantitative estimate of drug-likeness (QED) is 0.473. The van der Waals surface area contributed by atoms with E-state index < -0.39 is 0 Å². The number of halogens is 1. The van der Waals surface area contributed by atoms with E-state index in [1.165, 1.54) is 6.07 Å². The maximum absolute atomic E-state index is 10.5. The average molecular weight is 256 g/mol. The largest absolute Gasteiger partial charge is 0.272 e. The third-order valence-corrected chi connectivity index (χ3v) is 2.64. The molecule has 14 heavy (non-hydrogen) atoms. The lowest BCUT2D eigenvalue weighted by atomic mass is 10.1. The summed E-state index contributed by atoms with van der Waals surface area (Å²) in [6, 6.07) is 5.01. The number of nitro benzene ring substituents is 1. The van der Waals surface area contributed by atoms with Crippen molar-refractivity contribution in [2.45, 2.75) is 6.92 Å². The summed E-state index contributed by atoms with van der Waals surface area (Å²) >= 11 is 3.29. The Labute approximate surface area is 90.7 Å². The van der Waals surface area contributed by atoms with Crippen molar-refractivity contribution in [3.05, 3.63) is 46.0 Å². The van der Waals surface area contributed by atoms with Crippen molar-refractivity contribution in [3.63, 3.8) is 0 Å². The molecule has 3 nitrogen and oxygen atoms in total. The third-order valence-electron chi connectivity index (χ3n) is 1.96. The second kappa shape index (κ2) is 4.37. The molecule has 1 aromatic carbocycles. The summed E-state index contributed by atoms with van der Waals surface area (Å²) in [6.45, 7) is 5.57. The van der Waals surface area contributed by atoms with Gasteiger partial charge < -0.3 is 0 Å². The zero-order valence-electron chi connectivity index (χ0n) is 7.79. The Kier molecular flexibility index (Phi) is 3.41. The van der Waals surface area contributed by atoms with E-state index in [4.69, 9.17) is 0 Å². The van der Waals surface area contributed by atoms with E-state index in [2.05, 4.69) is 22.5 Å². The molecule has 0 heterocycles. The van der Waals surface area contributed by atoms with Gasteiger partial charge in [0.15, 0.2) is 0 Å². The van der Waals surface area contributed by atoms with Gasteiger partial charge in [-0.2, -0.15) is 0 Å². The van der Waals surface area contributed by atoms with Crippen molar-refractivity contribution < 1.29 is 4.92 Å². The third kappa shape index (κ3) is 2.20. The molecule has 0 N–H and O–H groups in total. The van der Waals surface area contributed by atoms with E-state index in [1.807, 2.05) is 0 Å². The molecule has 1 aromatic rings. The predicted octanol–water partition coefficient (Wildman–Crippen LogP) is 3.31. The van der Waals surface area contributed by atoms with Crippen LogP contribution in [0.15, 0.2) is 24.8 Å². The molecule has 0 spiro atoms. The fourth-order valence-electron chi connectivity index (χ4n) is 1.16. The highest BCUT2D eigenvalue weighted by Gasteiger charge is 2.10. The highest BCUT2D eigenvalue weighted by Crippen LogP contribution is 2.23. The fourth-order valence-corrected chi connectivity index (χ4v) is 1.48. The van der Waals surface area contributed by atoms with E-state index in [1.54, 1.807) is 19.1 Å². The molecule has 4 heteroatoms. The molecule has 0 aliphatic heterocycles. The second-order valence-electron chi connectivity index (χ2n) is 3.00. The minimum absolute atomic E-state index is 0.149. The summed E-state index contributed by atoms with van der Waals surface area (Å²) in [5, 5.41) is 11.2. The topological polar surface area (TPSA) is 43.1 Å². The van der Waals surface area contributed by atoms with Crippen LogP contribution in [0.1, 0.15) is 11.1 Å². The van der Waals surface area contributed by atoms with E-state index in [9.17, 15) is 10.1 Å². The highest BCUT2D eigenvalue weighted by atomic mass is 79.9. The smallest absolute Gasteiger partial charge is 0.258 e. The van der Waals surface area contributed by atoms with Crippen LogP contribution in [0.2, 0.25) is 0 Å². The highest BCUT2D eigenvalue weighted by molar-refractivity contribution is 9.09. The molecule has 0 aromatic heterocycles. The summed E-state index contributed by atoms with van der Waals surface area (Å²) in [5.41, 5.74) is 2.67. The Morgan fingerprint density at radius 1 is 1.64 bits per heavy atom. The zero-order chi connectivity index (χ0) is 10.7. The first-order valence-electron chi connectivity index (χ1n) is 4.05. The van der Waals surface area contributed by atoms with Gasteiger partial charge in [-0.3, -0.25) is 10.1 Å². The Balaban J connectivity index is 3.12. The van der Waals surface area contributed by atoms with Crippen molar-refractivity contribution in [3.8, 4) is 0 Å². The SMILES string of the molecule is C=C(CBr)c1ccc([N+](=O)[O-])c(C)c1. The maximum Gasteiger partial charge on any atom is 0.272 e. The second-order valence-corrected chi connectivity index (χ2v) is 3.56. The predicted molar refractivity (Wildman–Crippen MR) is 60.7 cm³/mol. The molecule has 0 aliphatic rings. The first-order chi connectivity index (χ1) is 6.56. The van der Waals surface area contributed by atoms with E-state index in [-0.39, 0.29) is 10.6 Å². The fraction of sp³-hybridized carbons (Fsp3) is 0.200. The van der Waals surface area contributed by atoms with Crippen LogP contribution < -0.4 is 0 Å². The van der Waals surface area contributed by atoms with Crippen LogP contribution in [0.3, 0.4) is 0 Å². The number of rotatable bonds is 3. The van der Waals surface area contributed by atoms with Crippen LogP contribution >= 0.6 is 15.9 Å². The van der Waals surface area contributed by atoms with Gasteiger partial charge in [0.1, 0.15) is 0 Å². The van der Waals surface area contributed by atoms with E-state index >= 15 is 0 Å². The minimum Gasteiger partial charge on any atom is -0.258 e. The zero-order valence-corrected chi connectivity index (χ0v) is 9.37.